The number of benzene rings is 2. The average molecular weight is 551 g/mol. The molecule has 35 heavy (non-hydrogen) atoms. The fraction of sp³-hybridized carbons (Fsp3) is 0.320. The van der Waals surface area contributed by atoms with Gasteiger partial charge >= 0.3 is 5.97 Å². The summed E-state index contributed by atoms with van der Waals surface area (Å²) in [6.45, 7) is 2.65. The summed E-state index contributed by atoms with van der Waals surface area (Å²) >= 11 is 15.0. The minimum atomic E-state index is -0.381. The van der Waals surface area contributed by atoms with Crippen LogP contribution in [0.25, 0.3) is 11.3 Å². The van der Waals surface area contributed by atoms with Crippen LogP contribution in [0.5, 0.6) is 0 Å². The monoisotopic (exact) mass is 549 g/mol. The fourth-order valence-corrected chi connectivity index (χ4v) is 5.87. The van der Waals surface area contributed by atoms with Crippen LogP contribution in [0.15, 0.2) is 52.2 Å². The molecule has 0 spiro atoms. The number of aromatic nitrogens is 1. The highest BCUT2D eigenvalue weighted by molar-refractivity contribution is 8.01. The van der Waals surface area contributed by atoms with E-state index in [1.807, 2.05) is 29.6 Å². The number of carbonyl (C=O) groups is 2. The van der Waals surface area contributed by atoms with E-state index < -0.39 is 0 Å². The van der Waals surface area contributed by atoms with Crippen LogP contribution in [0.2, 0.25) is 10.0 Å². The van der Waals surface area contributed by atoms with Gasteiger partial charge in [0.25, 0.3) is 0 Å². The van der Waals surface area contributed by atoms with Crippen LogP contribution in [0.3, 0.4) is 0 Å². The van der Waals surface area contributed by atoms with Crippen LogP contribution in [-0.4, -0.2) is 53.8 Å². The first-order valence-electron chi connectivity index (χ1n) is 11.1. The number of halogens is 2. The molecule has 0 radical (unpaired) electrons. The van der Waals surface area contributed by atoms with Crippen molar-refractivity contribution in [2.75, 3.05) is 26.0 Å². The van der Waals surface area contributed by atoms with Crippen LogP contribution in [0.1, 0.15) is 28.8 Å². The lowest BCUT2D eigenvalue weighted by Crippen LogP contribution is -2.44. The van der Waals surface area contributed by atoms with Crippen molar-refractivity contribution in [1.82, 2.24) is 15.2 Å². The molecule has 184 valence electrons. The molecule has 1 aliphatic heterocycles. The summed E-state index contributed by atoms with van der Waals surface area (Å²) in [4.78, 5) is 31.3. The zero-order chi connectivity index (χ0) is 24.8. The van der Waals surface area contributed by atoms with E-state index in [-0.39, 0.29) is 17.9 Å². The molecule has 4 rings (SSSR count). The maximum atomic E-state index is 12.5. The Balaban J connectivity index is 1.21. The molecular weight excluding hydrogens is 525 g/mol. The summed E-state index contributed by atoms with van der Waals surface area (Å²) in [6.07, 6.45) is 1.82. The molecule has 1 N–H and O–H groups in total. The van der Waals surface area contributed by atoms with E-state index >= 15 is 0 Å². The van der Waals surface area contributed by atoms with E-state index in [4.69, 9.17) is 27.9 Å². The zero-order valence-corrected chi connectivity index (χ0v) is 22.3. The Labute approximate surface area is 223 Å². The van der Waals surface area contributed by atoms with Gasteiger partial charge in [0, 0.05) is 36.6 Å². The number of amides is 1. The summed E-state index contributed by atoms with van der Waals surface area (Å²) in [5, 5.41) is 6.23. The second-order valence-electron chi connectivity index (χ2n) is 8.23. The molecule has 6 nitrogen and oxygen atoms in total. The van der Waals surface area contributed by atoms with Gasteiger partial charge in [-0.25, -0.2) is 9.78 Å². The van der Waals surface area contributed by atoms with Crippen molar-refractivity contribution in [3.8, 4) is 11.3 Å². The predicted molar refractivity (Wildman–Crippen MR) is 143 cm³/mol. The molecule has 0 bridgehead atoms. The first-order chi connectivity index (χ1) is 16.9. The molecule has 2 heterocycles. The summed E-state index contributed by atoms with van der Waals surface area (Å²) < 4.78 is 5.60. The Hall–Kier alpha value is -2.10. The molecule has 0 saturated carbocycles. The molecular formula is C25H25Cl2N3O3S2. The number of piperidine rings is 1. The number of rotatable bonds is 8. The summed E-state index contributed by atoms with van der Waals surface area (Å²) in [7, 11) is 1.36. The molecule has 2 aromatic carbocycles. The lowest BCUT2D eigenvalue weighted by Gasteiger charge is -2.32. The molecule has 1 saturated heterocycles. The van der Waals surface area contributed by atoms with Gasteiger partial charge < -0.3 is 10.1 Å². The number of nitrogens with one attached hydrogen (secondary N) is 1. The van der Waals surface area contributed by atoms with Crippen molar-refractivity contribution in [2.24, 2.45) is 0 Å². The van der Waals surface area contributed by atoms with Crippen molar-refractivity contribution < 1.29 is 14.3 Å². The molecule has 0 atom stereocenters. The highest BCUT2D eigenvalue weighted by Crippen LogP contribution is 2.29. The van der Waals surface area contributed by atoms with Gasteiger partial charge in [-0.15, -0.1) is 11.3 Å². The standard InChI is InChI=1S/C25H25Cl2N3O3S2/c1-33-24(32)18-4-2-3-17(12-18)22-14-34-25(29-22)35-15-23(31)28-19-7-9-30(10-8-19)13-16-5-6-20(26)21(27)11-16/h2-6,11-12,14,19H,7-10,13,15H2,1H3,(H,28,31). The number of thioether (sulfide) groups is 1. The number of hydrogen-bond acceptors (Lipinski definition) is 7. The minimum absolute atomic E-state index is 0.0161. The highest BCUT2D eigenvalue weighted by Gasteiger charge is 2.21. The Morgan fingerprint density at radius 3 is 2.71 bits per heavy atom. The van der Waals surface area contributed by atoms with Crippen molar-refractivity contribution in [3.05, 3.63) is 69.0 Å². The molecule has 1 amide bonds. The van der Waals surface area contributed by atoms with E-state index in [0.717, 1.165) is 53.6 Å². The van der Waals surface area contributed by atoms with Gasteiger partial charge in [-0.2, -0.15) is 0 Å². The lowest BCUT2D eigenvalue weighted by molar-refractivity contribution is -0.119. The number of ether oxygens (including phenoxy) is 1. The summed E-state index contributed by atoms with van der Waals surface area (Å²) in [5.41, 5.74) is 3.24. The van der Waals surface area contributed by atoms with Crippen molar-refractivity contribution in [3.63, 3.8) is 0 Å². The third kappa shape index (κ3) is 7.21. The maximum Gasteiger partial charge on any atom is 0.337 e. The van der Waals surface area contributed by atoms with E-state index in [2.05, 4.69) is 15.2 Å². The van der Waals surface area contributed by atoms with Gasteiger partial charge in [0.1, 0.15) is 0 Å². The zero-order valence-electron chi connectivity index (χ0n) is 19.1. The van der Waals surface area contributed by atoms with Gasteiger partial charge in [-0.3, -0.25) is 9.69 Å². The van der Waals surface area contributed by atoms with Gasteiger partial charge in [-0.05, 0) is 42.7 Å². The van der Waals surface area contributed by atoms with Crippen molar-refractivity contribution in [1.29, 1.82) is 0 Å². The van der Waals surface area contributed by atoms with Gasteiger partial charge in [0.05, 0.1) is 34.2 Å². The molecule has 0 unspecified atom stereocenters. The van der Waals surface area contributed by atoms with Crippen LogP contribution in [0.4, 0.5) is 0 Å². The summed E-state index contributed by atoms with van der Waals surface area (Å²) in [6, 6.07) is 13.1. The van der Waals surface area contributed by atoms with E-state index in [9.17, 15) is 9.59 Å². The normalized spacial score (nSPS) is 14.6. The Kier molecular flexibility index (Phi) is 9.08. The largest absolute Gasteiger partial charge is 0.465 e. The molecule has 1 aromatic heterocycles. The van der Waals surface area contributed by atoms with Crippen molar-refractivity contribution in [2.45, 2.75) is 29.8 Å². The van der Waals surface area contributed by atoms with Gasteiger partial charge in [0.2, 0.25) is 5.91 Å². The van der Waals surface area contributed by atoms with E-state index in [1.54, 1.807) is 18.2 Å². The first kappa shape index (κ1) is 26.0. The summed E-state index contributed by atoms with van der Waals surface area (Å²) in [5.74, 6) is -0.0468. The molecule has 1 fully saturated rings. The van der Waals surface area contributed by atoms with Crippen LogP contribution in [-0.2, 0) is 16.1 Å². The fourth-order valence-electron chi connectivity index (χ4n) is 3.91. The quantitative estimate of drug-likeness (QED) is 0.284. The lowest BCUT2D eigenvalue weighted by atomic mass is 10.0. The average Bonchev–Trinajstić information content (AvgIpc) is 3.35. The Bertz CT molecular complexity index is 1200. The third-order valence-electron chi connectivity index (χ3n) is 5.73. The Morgan fingerprint density at radius 2 is 1.97 bits per heavy atom. The van der Waals surface area contributed by atoms with Crippen molar-refractivity contribution >= 4 is 58.2 Å². The molecule has 1 aliphatic rings. The number of nitrogens with zero attached hydrogens (tertiary/aromatic N) is 2. The number of methoxy groups -OCH3 is 1. The number of likely N-dealkylation sites (tertiary alicyclic amines) is 1. The number of esters is 1. The third-order valence-corrected chi connectivity index (χ3v) is 8.49. The van der Waals surface area contributed by atoms with E-state index in [0.29, 0.717) is 21.4 Å². The first-order valence-corrected chi connectivity index (χ1v) is 13.8. The topological polar surface area (TPSA) is 71.5 Å². The number of carbonyl (C=O) groups excluding carboxylic acids is 2. The minimum Gasteiger partial charge on any atom is -0.465 e. The van der Waals surface area contributed by atoms with Crippen LogP contribution < -0.4 is 5.32 Å². The van der Waals surface area contributed by atoms with Crippen LogP contribution >= 0.6 is 46.3 Å². The van der Waals surface area contributed by atoms with Gasteiger partial charge in [-0.1, -0.05) is 53.2 Å². The highest BCUT2D eigenvalue weighted by atomic mass is 35.5. The second kappa shape index (κ2) is 12.2. The molecule has 3 aromatic rings. The Morgan fingerprint density at radius 1 is 1.17 bits per heavy atom. The number of hydrogen-bond donors (Lipinski definition) is 1. The SMILES string of the molecule is COC(=O)c1cccc(-c2csc(SCC(=O)NC3CCN(Cc4ccc(Cl)c(Cl)c4)CC3)n2)c1. The van der Waals surface area contributed by atoms with E-state index in [1.165, 1.54) is 30.2 Å². The van der Waals surface area contributed by atoms with Crippen LogP contribution in [0, 0.1) is 0 Å². The predicted octanol–water partition coefficient (Wildman–Crippen LogP) is 5.78. The maximum absolute atomic E-state index is 12.5. The second-order valence-corrected chi connectivity index (χ2v) is 11.1. The molecule has 10 heteroatoms. The van der Waals surface area contributed by atoms with Gasteiger partial charge in [0.15, 0.2) is 4.34 Å². The number of thiazole rings is 1. The molecule has 0 aliphatic carbocycles. The smallest absolute Gasteiger partial charge is 0.337 e.